The van der Waals surface area contributed by atoms with Crippen molar-refractivity contribution in [3.05, 3.63) is 53.1 Å². The maximum absolute atomic E-state index is 12.1. The van der Waals surface area contributed by atoms with Gasteiger partial charge >= 0.3 is 5.97 Å². The van der Waals surface area contributed by atoms with Gasteiger partial charge in [-0.05, 0) is 31.0 Å². The first kappa shape index (κ1) is 15.8. The number of carbonyl (C=O) groups excluding carboxylic acids is 1. The van der Waals surface area contributed by atoms with Gasteiger partial charge in [0, 0.05) is 37.4 Å². The summed E-state index contributed by atoms with van der Waals surface area (Å²) in [6, 6.07) is 3.67. The number of rotatable bonds is 6. The number of hydrogen-bond donors (Lipinski definition) is 2. The predicted molar refractivity (Wildman–Crippen MR) is 81.6 cm³/mol. The van der Waals surface area contributed by atoms with Gasteiger partial charge in [0.15, 0.2) is 0 Å². The molecule has 0 saturated carbocycles. The molecule has 0 bridgehead atoms. The number of carbonyl (C=O) groups is 2. The van der Waals surface area contributed by atoms with Crippen molar-refractivity contribution >= 4 is 11.9 Å². The third-order valence-corrected chi connectivity index (χ3v) is 3.47. The molecular formula is C16H19N3O3. The number of carboxylic acids is 1. The summed E-state index contributed by atoms with van der Waals surface area (Å²) in [4.78, 5) is 27.5. The molecule has 0 atom stereocenters. The number of aryl methyl sites for hydroxylation is 2. The molecule has 0 radical (unpaired) electrons. The molecule has 6 heteroatoms. The van der Waals surface area contributed by atoms with Crippen molar-refractivity contribution in [1.29, 1.82) is 0 Å². The Kier molecular flexibility index (Phi) is 4.93. The van der Waals surface area contributed by atoms with Crippen LogP contribution in [0.15, 0.2) is 30.7 Å². The predicted octanol–water partition coefficient (Wildman–Crippen LogP) is 1.77. The Morgan fingerprint density at radius 2 is 2.18 bits per heavy atom. The fraction of sp³-hybridized carbons (Fsp3) is 0.312. The molecular weight excluding hydrogens is 282 g/mol. The van der Waals surface area contributed by atoms with Crippen LogP contribution in [-0.4, -0.2) is 26.5 Å². The smallest absolute Gasteiger partial charge is 0.337 e. The SMILES string of the molecule is CCn1cc(C)c(C(=O)O)c1CC(=O)NCc1cccnc1. The van der Waals surface area contributed by atoms with Crippen molar-refractivity contribution in [1.82, 2.24) is 14.9 Å². The molecule has 116 valence electrons. The molecule has 2 N–H and O–H groups in total. The van der Waals surface area contributed by atoms with Gasteiger partial charge in [-0.15, -0.1) is 0 Å². The third kappa shape index (κ3) is 3.52. The number of pyridine rings is 1. The van der Waals surface area contributed by atoms with Gasteiger partial charge in [-0.1, -0.05) is 6.07 Å². The summed E-state index contributed by atoms with van der Waals surface area (Å²) in [6.45, 7) is 4.66. The molecule has 22 heavy (non-hydrogen) atoms. The van der Waals surface area contributed by atoms with Crippen molar-refractivity contribution in [2.24, 2.45) is 0 Å². The maximum Gasteiger partial charge on any atom is 0.337 e. The highest BCUT2D eigenvalue weighted by Gasteiger charge is 2.20. The van der Waals surface area contributed by atoms with E-state index in [-0.39, 0.29) is 17.9 Å². The normalized spacial score (nSPS) is 10.5. The fourth-order valence-electron chi connectivity index (χ4n) is 2.43. The van der Waals surface area contributed by atoms with Crippen molar-refractivity contribution in [2.45, 2.75) is 33.4 Å². The van der Waals surface area contributed by atoms with Crippen LogP contribution in [0.25, 0.3) is 0 Å². The number of nitrogens with one attached hydrogen (secondary N) is 1. The van der Waals surface area contributed by atoms with Crippen LogP contribution >= 0.6 is 0 Å². The summed E-state index contributed by atoms with van der Waals surface area (Å²) in [5, 5.41) is 12.1. The standard InChI is InChI=1S/C16H19N3O3/c1-3-19-10-11(2)15(16(21)22)13(19)7-14(20)18-9-12-5-4-6-17-8-12/h4-6,8,10H,3,7,9H2,1-2H3,(H,18,20)(H,21,22). The maximum atomic E-state index is 12.1. The van der Waals surface area contributed by atoms with Crippen LogP contribution in [0.4, 0.5) is 0 Å². The lowest BCUT2D eigenvalue weighted by atomic mass is 10.1. The molecule has 1 amide bonds. The Balaban J connectivity index is 2.09. The van der Waals surface area contributed by atoms with E-state index in [1.807, 2.05) is 17.6 Å². The summed E-state index contributed by atoms with van der Waals surface area (Å²) < 4.78 is 1.81. The number of nitrogens with zero attached hydrogens (tertiary/aromatic N) is 2. The highest BCUT2D eigenvalue weighted by atomic mass is 16.4. The van der Waals surface area contributed by atoms with E-state index in [1.54, 1.807) is 31.6 Å². The van der Waals surface area contributed by atoms with Crippen LogP contribution in [0.1, 0.15) is 34.1 Å². The number of carboxylic acid groups (broad SMARTS) is 1. The molecule has 0 fully saturated rings. The van der Waals surface area contributed by atoms with E-state index in [2.05, 4.69) is 10.3 Å². The van der Waals surface area contributed by atoms with Crippen molar-refractivity contribution in [3.8, 4) is 0 Å². The average Bonchev–Trinajstić information content (AvgIpc) is 2.82. The van der Waals surface area contributed by atoms with E-state index < -0.39 is 5.97 Å². The van der Waals surface area contributed by atoms with E-state index >= 15 is 0 Å². The Hall–Kier alpha value is -2.63. The summed E-state index contributed by atoms with van der Waals surface area (Å²) in [5.74, 6) is -1.21. The topological polar surface area (TPSA) is 84.2 Å². The first-order valence-electron chi connectivity index (χ1n) is 7.10. The summed E-state index contributed by atoms with van der Waals surface area (Å²) in [7, 11) is 0. The number of hydrogen-bond acceptors (Lipinski definition) is 3. The third-order valence-electron chi connectivity index (χ3n) is 3.47. The zero-order valence-corrected chi connectivity index (χ0v) is 12.7. The van der Waals surface area contributed by atoms with Gasteiger partial charge in [0.1, 0.15) is 0 Å². The highest BCUT2D eigenvalue weighted by molar-refractivity contribution is 5.93. The molecule has 2 heterocycles. The lowest BCUT2D eigenvalue weighted by molar-refractivity contribution is -0.120. The molecule has 0 saturated heterocycles. The molecule has 2 aromatic heterocycles. The molecule has 0 aromatic carbocycles. The number of aromatic carboxylic acids is 1. The van der Waals surface area contributed by atoms with Crippen LogP contribution in [0.5, 0.6) is 0 Å². The first-order chi connectivity index (χ1) is 10.5. The second-order valence-electron chi connectivity index (χ2n) is 5.04. The summed E-state index contributed by atoms with van der Waals surface area (Å²) in [5.41, 5.74) is 2.33. The molecule has 6 nitrogen and oxygen atoms in total. The Bertz CT molecular complexity index is 677. The van der Waals surface area contributed by atoms with Gasteiger partial charge in [0.25, 0.3) is 0 Å². The van der Waals surface area contributed by atoms with Gasteiger partial charge < -0.3 is 15.0 Å². The van der Waals surface area contributed by atoms with Crippen LogP contribution in [-0.2, 0) is 24.3 Å². The van der Waals surface area contributed by atoms with Crippen LogP contribution in [0.2, 0.25) is 0 Å². The zero-order chi connectivity index (χ0) is 16.1. The molecule has 2 rings (SSSR count). The number of amides is 1. The molecule has 0 aliphatic rings. The van der Waals surface area contributed by atoms with Crippen molar-refractivity contribution in [2.75, 3.05) is 0 Å². The lowest BCUT2D eigenvalue weighted by Gasteiger charge is -2.09. The second-order valence-corrected chi connectivity index (χ2v) is 5.04. The van der Waals surface area contributed by atoms with Gasteiger partial charge in [-0.25, -0.2) is 4.79 Å². The molecule has 0 aliphatic heterocycles. The van der Waals surface area contributed by atoms with E-state index in [0.717, 1.165) is 5.56 Å². The van der Waals surface area contributed by atoms with E-state index in [1.165, 1.54) is 0 Å². The zero-order valence-electron chi connectivity index (χ0n) is 12.7. The Morgan fingerprint density at radius 1 is 1.41 bits per heavy atom. The second kappa shape index (κ2) is 6.89. The number of aromatic nitrogens is 2. The summed E-state index contributed by atoms with van der Waals surface area (Å²) >= 11 is 0. The van der Waals surface area contributed by atoms with Gasteiger partial charge in [-0.3, -0.25) is 9.78 Å². The largest absolute Gasteiger partial charge is 0.478 e. The minimum Gasteiger partial charge on any atom is -0.478 e. The monoisotopic (exact) mass is 301 g/mol. The first-order valence-corrected chi connectivity index (χ1v) is 7.10. The molecule has 0 spiro atoms. The summed E-state index contributed by atoms with van der Waals surface area (Å²) in [6.07, 6.45) is 5.17. The lowest BCUT2D eigenvalue weighted by Crippen LogP contribution is -2.26. The molecule has 2 aromatic rings. The molecule has 0 aliphatic carbocycles. The van der Waals surface area contributed by atoms with Gasteiger partial charge in [-0.2, -0.15) is 0 Å². The van der Waals surface area contributed by atoms with E-state index in [4.69, 9.17) is 0 Å². The minimum atomic E-state index is -1.00. The van der Waals surface area contributed by atoms with E-state index in [9.17, 15) is 14.7 Å². The van der Waals surface area contributed by atoms with Gasteiger partial charge in [0.2, 0.25) is 5.91 Å². The molecule has 0 unspecified atom stereocenters. The van der Waals surface area contributed by atoms with Crippen molar-refractivity contribution < 1.29 is 14.7 Å². The Morgan fingerprint density at radius 3 is 2.77 bits per heavy atom. The van der Waals surface area contributed by atoms with Crippen molar-refractivity contribution in [3.63, 3.8) is 0 Å². The minimum absolute atomic E-state index is 0.0452. The Labute approximate surface area is 128 Å². The van der Waals surface area contributed by atoms with E-state index in [0.29, 0.717) is 24.3 Å². The van der Waals surface area contributed by atoms with Gasteiger partial charge in [0.05, 0.1) is 12.0 Å². The highest BCUT2D eigenvalue weighted by Crippen LogP contribution is 2.18. The fourth-order valence-corrected chi connectivity index (χ4v) is 2.43. The van der Waals surface area contributed by atoms with Crippen LogP contribution in [0.3, 0.4) is 0 Å². The van der Waals surface area contributed by atoms with Crippen LogP contribution < -0.4 is 5.32 Å². The average molecular weight is 301 g/mol. The quantitative estimate of drug-likeness (QED) is 0.851. The van der Waals surface area contributed by atoms with Crippen LogP contribution in [0, 0.1) is 6.92 Å².